The van der Waals surface area contributed by atoms with Gasteiger partial charge in [0.05, 0.1) is 12.0 Å². The van der Waals surface area contributed by atoms with Crippen molar-refractivity contribution in [3.05, 3.63) is 24.1 Å². The van der Waals surface area contributed by atoms with E-state index >= 15 is 0 Å². The highest BCUT2D eigenvalue weighted by atomic mass is 19.1. The summed E-state index contributed by atoms with van der Waals surface area (Å²) in [5.74, 6) is -0.228. The number of halogens is 1. The fraction of sp³-hybridized carbons (Fsp3) is 0.571. The van der Waals surface area contributed by atoms with Crippen LogP contribution < -0.4 is 5.32 Å². The first-order valence-electron chi connectivity index (χ1n) is 6.70. The Balaban J connectivity index is 2.03. The average Bonchev–Trinajstić information content (AvgIpc) is 2.87. The molecule has 1 aromatic heterocycles. The van der Waals surface area contributed by atoms with Crippen molar-refractivity contribution in [1.29, 1.82) is 0 Å². The van der Waals surface area contributed by atoms with Gasteiger partial charge in [-0.3, -0.25) is 4.79 Å². The summed E-state index contributed by atoms with van der Waals surface area (Å²) in [6, 6.07) is 4.58. The first-order valence-corrected chi connectivity index (χ1v) is 6.70. The zero-order valence-corrected chi connectivity index (χ0v) is 11.1. The zero-order valence-electron chi connectivity index (χ0n) is 11.1. The fourth-order valence-electron chi connectivity index (χ4n) is 2.56. The number of rotatable bonds is 5. The van der Waals surface area contributed by atoms with Crippen molar-refractivity contribution in [3.8, 4) is 0 Å². The molecule has 0 bridgehead atoms. The van der Waals surface area contributed by atoms with Crippen LogP contribution in [0.3, 0.4) is 0 Å². The standard InChI is InChI=1S/C14H19FN2O2/c1-2-19-13(18)14(8-3-4-9-14)10-16-12-7-5-6-11(15)17-12/h5-7H,2-4,8-10H2,1H3,(H,16,17). The van der Waals surface area contributed by atoms with Crippen LogP contribution in [0.2, 0.25) is 0 Å². The van der Waals surface area contributed by atoms with Gasteiger partial charge in [0, 0.05) is 6.54 Å². The lowest BCUT2D eigenvalue weighted by Gasteiger charge is -2.26. The summed E-state index contributed by atoms with van der Waals surface area (Å²) in [4.78, 5) is 15.8. The minimum Gasteiger partial charge on any atom is -0.466 e. The second-order valence-corrected chi connectivity index (χ2v) is 4.91. The van der Waals surface area contributed by atoms with E-state index in [0.717, 1.165) is 25.7 Å². The van der Waals surface area contributed by atoms with Crippen molar-refractivity contribution >= 4 is 11.8 Å². The third kappa shape index (κ3) is 3.22. The molecule has 0 unspecified atom stereocenters. The summed E-state index contributed by atoms with van der Waals surface area (Å²) in [5, 5.41) is 3.06. The molecule has 0 spiro atoms. The number of esters is 1. The largest absolute Gasteiger partial charge is 0.466 e. The summed E-state index contributed by atoms with van der Waals surface area (Å²) < 4.78 is 18.2. The molecule has 1 aliphatic rings. The number of carbonyl (C=O) groups excluding carboxylic acids is 1. The highest BCUT2D eigenvalue weighted by Crippen LogP contribution is 2.39. The molecular weight excluding hydrogens is 247 g/mol. The summed E-state index contributed by atoms with van der Waals surface area (Å²) in [5.41, 5.74) is -0.482. The smallest absolute Gasteiger partial charge is 0.313 e. The van der Waals surface area contributed by atoms with Crippen LogP contribution in [0.5, 0.6) is 0 Å². The molecule has 0 amide bonds. The van der Waals surface area contributed by atoms with Crippen LogP contribution in [0.15, 0.2) is 18.2 Å². The molecule has 1 aliphatic carbocycles. The molecule has 1 aromatic rings. The molecule has 0 aromatic carbocycles. The third-order valence-corrected chi connectivity index (χ3v) is 3.59. The lowest BCUT2D eigenvalue weighted by molar-refractivity contribution is -0.154. The van der Waals surface area contributed by atoms with Gasteiger partial charge in [0.25, 0.3) is 0 Å². The first kappa shape index (κ1) is 13.8. The maximum atomic E-state index is 13.0. The quantitative estimate of drug-likeness (QED) is 0.657. The minimum atomic E-state index is -0.526. The second kappa shape index (κ2) is 5.99. The molecular formula is C14H19FN2O2. The Morgan fingerprint density at radius 1 is 1.47 bits per heavy atom. The van der Waals surface area contributed by atoms with Crippen LogP contribution in [-0.4, -0.2) is 24.1 Å². The number of aromatic nitrogens is 1. The van der Waals surface area contributed by atoms with Gasteiger partial charge < -0.3 is 10.1 Å². The molecule has 4 nitrogen and oxygen atoms in total. The maximum Gasteiger partial charge on any atom is 0.313 e. The van der Waals surface area contributed by atoms with E-state index in [0.29, 0.717) is 19.0 Å². The van der Waals surface area contributed by atoms with E-state index in [1.54, 1.807) is 12.1 Å². The third-order valence-electron chi connectivity index (χ3n) is 3.59. The Morgan fingerprint density at radius 2 is 2.21 bits per heavy atom. The van der Waals surface area contributed by atoms with Gasteiger partial charge in [0.2, 0.25) is 5.95 Å². The summed E-state index contributed by atoms with van der Waals surface area (Å²) in [7, 11) is 0. The lowest BCUT2D eigenvalue weighted by Crippen LogP contribution is -2.37. The average molecular weight is 266 g/mol. The van der Waals surface area contributed by atoms with Crippen LogP contribution in [0.4, 0.5) is 10.2 Å². The van der Waals surface area contributed by atoms with E-state index in [9.17, 15) is 9.18 Å². The monoisotopic (exact) mass is 266 g/mol. The number of ether oxygens (including phenoxy) is 1. The van der Waals surface area contributed by atoms with Crippen molar-refractivity contribution in [2.24, 2.45) is 5.41 Å². The molecule has 2 rings (SSSR count). The van der Waals surface area contributed by atoms with Crippen LogP contribution in [-0.2, 0) is 9.53 Å². The number of hydrogen-bond donors (Lipinski definition) is 1. The maximum absolute atomic E-state index is 13.0. The van der Waals surface area contributed by atoms with Gasteiger partial charge in [0.15, 0.2) is 0 Å². The Labute approximate surface area is 112 Å². The van der Waals surface area contributed by atoms with Crippen LogP contribution in [0, 0.1) is 11.4 Å². The van der Waals surface area contributed by atoms with E-state index in [4.69, 9.17) is 4.74 Å². The molecule has 1 saturated carbocycles. The van der Waals surface area contributed by atoms with E-state index < -0.39 is 11.4 Å². The van der Waals surface area contributed by atoms with Crippen molar-refractivity contribution in [2.75, 3.05) is 18.5 Å². The molecule has 19 heavy (non-hydrogen) atoms. The molecule has 0 atom stereocenters. The van der Waals surface area contributed by atoms with Gasteiger partial charge in [-0.05, 0) is 31.9 Å². The number of hydrogen-bond acceptors (Lipinski definition) is 4. The second-order valence-electron chi connectivity index (χ2n) is 4.91. The Morgan fingerprint density at radius 3 is 2.84 bits per heavy atom. The van der Waals surface area contributed by atoms with Gasteiger partial charge in [-0.1, -0.05) is 18.9 Å². The van der Waals surface area contributed by atoms with Crippen molar-refractivity contribution in [1.82, 2.24) is 4.98 Å². The SMILES string of the molecule is CCOC(=O)C1(CNc2cccc(F)n2)CCCC1. The summed E-state index contributed by atoms with van der Waals surface area (Å²) in [6.45, 7) is 2.64. The first-order chi connectivity index (χ1) is 9.16. The van der Waals surface area contributed by atoms with Crippen LogP contribution in [0.25, 0.3) is 0 Å². The van der Waals surface area contributed by atoms with Gasteiger partial charge in [-0.25, -0.2) is 4.98 Å². The highest BCUT2D eigenvalue weighted by molar-refractivity contribution is 5.78. The van der Waals surface area contributed by atoms with Crippen molar-refractivity contribution in [2.45, 2.75) is 32.6 Å². The molecule has 1 fully saturated rings. The van der Waals surface area contributed by atoms with Crippen LogP contribution >= 0.6 is 0 Å². The van der Waals surface area contributed by atoms with E-state index in [1.165, 1.54) is 6.07 Å². The number of nitrogens with one attached hydrogen (secondary N) is 1. The topological polar surface area (TPSA) is 51.2 Å². The molecule has 0 radical (unpaired) electrons. The molecule has 0 saturated heterocycles. The highest BCUT2D eigenvalue weighted by Gasteiger charge is 2.42. The Kier molecular flexibility index (Phi) is 4.35. The van der Waals surface area contributed by atoms with Crippen molar-refractivity contribution in [3.63, 3.8) is 0 Å². The molecule has 104 valence electrons. The number of carbonyl (C=O) groups is 1. The zero-order chi connectivity index (χ0) is 13.7. The Bertz CT molecular complexity index is 445. The van der Waals surface area contributed by atoms with E-state index in [2.05, 4.69) is 10.3 Å². The van der Waals surface area contributed by atoms with E-state index in [-0.39, 0.29) is 5.97 Å². The van der Waals surface area contributed by atoms with E-state index in [1.807, 2.05) is 6.92 Å². The van der Waals surface area contributed by atoms with Crippen molar-refractivity contribution < 1.29 is 13.9 Å². The predicted molar refractivity (Wildman–Crippen MR) is 70.2 cm³/mol. The lowest BCUT2D eigenvalue weighted by atomic mass is 9.86. The molecule has 5 heteroatoms. The number of anilines is 1. The number of pyridine rings is 1. The molecule has 0 aliphatic heterocycles. The minimum absolute atomic E-state index is 0.156. The van der Waals surface area contributed by atoms with Gasteiger partial charge in [-0.15, -0.1) is 0 Å². The summed E-state index contributed by atoms with van der Waals surface area (Å²) >= 11 is 0. The van der Waals surface area contributed by atoms with Gasteiger partial charge in [-0.2, -0.15) is 4.39 Å². The molecule has 1 N–H and O–H groups in total. The van der Waals surface area contributed by atoms with Gasteiger partial charge >= 0.3 is 5.97 Å². The predicted octanol–water partition coefficient (Wildman–Crippen LogP) is 2.76. The Hall–Kier alpha value is -1.65. The van der Waals surface area contributed by atoms with Gasteiger partial charge in [0.1, 0.15) is 5.82 Å². The molecule has 1 heterocycles. The summed E-state index contributed by atoms with van der Waals surface area (Å²) in [6.07, 6.45) is 3.68. The number of nitrogens with zero attached hydrogens (tertiary/aromatic N) is 1. The normalized spacial score (nSPS) is 17.2. The van der Waals surface area contributed by atoms with Crippen LogP contribution in [0.1, 0.15) is 32.6 Å². The fourth-order valence-corrected chi connectivity index (χ4v) is 2.56.